The summed E-state index contributed by atoms with van der Waals surface area (Å²) in [5, 5.41) is 3.92. The van der Waals surface area contributed by atoms with Gasteiger partial charge in [0.1, 0.15) is 17.5 Å². The molecule has 0 radical (unpaired) electrons. The van der Waals surface area contributed by atoms with Crippen LogP contribution in [0.1, 0.15) is 31.7 Å². The molecule has 1 atom stereocenters. The molecule has 1 fully saturated rings. The van der Waals surface area contributed by atoms with E-state index >= 15 is 0 Å². The number of rotatable bonds is 4. The van der Waals surface area contributed by atoms with Crippen molar-refractivity contribution in [3.05, 3.63) is 11.4 Å². The second-order valence-electron chi connectivity index (χ2n) is 4.89. The van der Waals surface area contributed by atoms with Gasteiger partial charge in [-0.15, -0.1) is 0 Å². The van der Waals surface area contributed by atoms with E-state index in [1.165, 1.54) is 17.7 Å². The smallest absolute Gasteiger partial charge is 0.137 e. The zero-order valence-corrected chi connectivity index (χ0v) is 13.2. The van der Waals surface area contributed by atoms with E-state index in [0.717, 1.165) is 42.2 Å². The van der Waals surface area contributed by atoms with E-state index < -0.39 is 0 Å². The fourth-order valence-corrected chi connectivity index (χ4v) is 3.60. The molecule has 5 heteroatoms. The van der Waals surface area contributed by atoms with Crippen LogP contribution in [0, 0.1) is 6.92 Å². The van der Waals surface area contributed by atoms with Gasteiger partial charge in [-0.05, 0) is 13.3 Å². The minimum Gasteiger partial charge on any atom is -0.373 e. The fourth-order valence-electron chi connectivity index (χ4n) is 2.42. The first-order valence-electron chi connectivity index (χ1n) is 7.11. The highest BCUT2D eigenvalue weighted by atomic mass is 32.2. The standard InChI is InChI=1S/C14H24N4S/c1-5-11-9-18(7-8-19-11)14-10(3)13(15-4)16-12(6-2)17-14/h11H,5-9H2,1-4H3,(H,15,16,17). The lowest BCUT2D eigenvalue weighted by atomic mass is 10.2. The number of nitrogens with one attached hydrogen (secondary N) is 1. The van der Waals surface area contributed by atoms with Gasteiger partial charge in [-0.3, -0.25) is 0 Å². The molecule has 1 aliphatic rings. The average molecular weight is 280 g/mol. The number of anilines is 2. The van der Waals surface area contributed by atoms with Crippen molar-refractivity contribution in [2.24, 2.45) is 0 Å². The van der Waals surface area contributed by atoms with Gasteiger partial charge in [-0.1, -0.05) is 13.8 Å². The molecule has 0 bridgehead atoms. The molecule has 1 aliphatic heterocycles. The number of hydrogen-bond donors (Lipinski definition) is 1. The number of thioether (sulfide) groups is 1. The molecule has 0 saturated carbocycles. The normalized spacial score (nSPS) is 19.6. The predicted molar refractivity (Wildman–Crippen MR) is 84.4 cm³/mol. The van der Waals surface area contributed by atoms with E-state index in [1.807, 2.05) is 7.05 Å². The summed E-state index contributed by atoms with van der Waals surface area (Å²) in [7, 11) is 1.93. The molecular weight excluding hydrogens is 256 g/mol. The van der Waals surface area contributed by atoms with Crippen molar-refractivity contribution >= 4 is 23.4 Å². The van der Waals surface area contributed by atoms with Crippen LogP contribution in [0.15, 0.2) is 0 Å². The molecule has 0 aromatic carbocycles. The molecule has 1 unspecified atom stereocenters. The first-order valence-corrected chi connectivity index (χ1v) is 8.16. The van der Waals surface area contributed by atoms with Crippen molar-refractivity contribution in [1.29, 1.82) is 0 Å². The molecular formula is C14H24N4S. The largest absolute Gasteiger partial charge is 0.373 e. The van der Waals surface area contributed by atoms with Gasteiger partial charge < -0.3 is 10.2 Å². The van der Waals surface area contributed by atoms with Crippen LogP contribution < -0.4 is 10.2 Å². The van der Waals surface area contributed by atoms with Crippen LogP contribution >= 0.6 is 11.8 Å². The molecule has 2 rings (SSSR count). The van der Waals surface area contributed by atoms with Crippen LogP contribution in [-0.2, 0) is 6.42 Å². The van der Waals surface area contributed by atoms with Crippen LogP contribution in [0.5, 0.6) is 0 Å². The lowest BCUT2D eigenvalue weighted by Gasteiger charge is -2.34. The van der Waals surface area contributed by atoms with Gasteiger partial charge in [0.25, 0.3) is 0 Å². The Labute approximate surface area is 120 Å². The van der Waals surface area contributed by atoms with E-state index in [0.29, 0.717) is 0 Å². The highest BCUT2D eigenvalue weighted by Gasteiger charge is 2.23. The molecule has 19 heavy (non-hydrogen) atoms. The summed E-state index contributed by atoms with van der Waals surface area (Å²) in [5.74, 6) is 4.21. The quantitative estimate of drug-likeness (QED) is 0.918. The second kappa shape index (κ2) is 6.46. The van der Waals surface area contributed by atoms with Gasteiger partial charge >= 0.3 is 0 Å². The van der Waals surface area contributed by atoms with Gasteiger partial charge in [0, 0.05) is 43.1 Å². The van der Waals surface area contributed by atoms with E-state index in [2.05, 4.69) is 47.7 Å². The predicted octanol–water partition coefficient (Wildman–Crippen LogP) is 2.72. The monoisotopic (exact) mass is 280 g/mol. The van der Waals surface area contributed by atoms with Gasteiger partial charge in [0.05, 0.1) is 0 Å². The maximum Gasteiger partial charge on any atom is 0.137 e. The van der Waals surface area contributed by atoms with Crippen molar-refractivity contribution in [2.75, 3.05) is 36.1 Å². The number of aryl methyl sites for hydroxylation is 1. The summed E-state index contributed by atoms with van der Waals surface area (Å²) in [6.45, 7) is 8.68. The molecule has 0 spiro atoms. The van der Waals surface area contributed by atoms with Crippen LogP contribution in [-0.4, -0.2) is 41.1 Å². The maximum atomic E-state index is 4.76. The average Bonchev–Trinajstić information content (AvgIpc) is 2.47. The molecule has 0 amide bonds. The van der Waals surface area contributed by atoms with Crippen molar-refractivity contribution in [3.8, 4) is 0 Å². The third-order valence-corrected chi connectivity index (χ3v) is 4.99. The van der Waals surface area contributed by atoms with Crippen molar-refractivity contribution in [1.82, 2.24) is 9.97 Å². The summed E-state index contributed by atoms with van der Waals surface area (Å²) < 4.78 is 0. The zero-order valence-electron chi connectivity index (χ0n) is 12.4. The number of hydrogen-bond acceptors (Lipinski definition) is 5. The van der Waals surface area contributed by atoms with E-state index in [-0.39, 0.29) is 0 Å². The van der Waals surface area contributed by atoms with Crippen molar-refractivity contribution in [2.45, 2.75) is 38.9 Å². The second-order valence-corrected chi connectivity index (χ2v) is 6.30. The summed E-state index contributed by atoms with van der Waals surface area (Å²) in [5.41, 5.74) is 1.17. The number of nitrogens with zero attached hydrogens (tertiary/aromatic N) is 3. The highest BCUT2D eigenvalue weighted by Crippen LogP contribution is 2.29. The van der Waals surface area contributed by atoms with E-state index in [9.17, 15) is 0 Å². The Hall–Kier alpha value is -0.970. The lowest BCUT2D eigenvalue weighted by Crippen LogP contribution is -2.38. The Balaban J connectivity index is 2.32. The van der Waals surface area contributed by atoms with Crippen molar-refractivity contribution < 1.29 is 0 Å². The molecule has 4 nitrogen and oxygen atoms in total. The summed E-state index contributed by atoms with van der Waals surface area (Å²) in [6.07, 6.45) is 2.10. The van der Waals surface area contributed by atoms with Crippen molar-refractivity contribution in [3.63, 3.8) is 0 Å². The van der Waals surface area contributed by atoms with Crippen LogP contribution in [0.25, 0.3) is 0 Å². The SMILES string of the molecule is CCc1nc(NC)c(C)c(N2CCSC(CC)C2)n1. The first-order chi connectivity index (χ1) is 9.19. The van der Waals surface area contributed by atoms with Gasteiger partial charge in [0.15, 0.2) is 0 Å². The Morgan fingerprint density at radius 1 is 1.37 bits per heavy atom. The van der Waals surface area contributed by atoms with Crippen LogP contribution in [0.3, 0.4) is 0 Å². The van der Waals surface area contributed by atoms with Gasteiger partial charge in [0.2, 0.25) is 0 Å². The van der Waals surface area contributed by atoms with E-state index in [1.54, 1.807) is 0 Å². The molecule has 1 saturated heterocycles. The van der Waals surface area contributed by atoms with E-state index in [4.69, 9.17) is 4.98 Å². The Morgan fingerprint density at radius 2 is 2.16 bits per heavy atom. The van der Waals surface area contributed by atoms with Gasteiger partial charge in [-0.25, -0.2) is 9.97 Å². The van der Waals surface area contributed by atoms with Crippen LogP contribution in [0.4, 0.5) is 11.6 Å². The third kappa shape index (κ3) is 3.14. The highest BCUT2D eigenvalue weighted by molar-refractivity contribution is 8.00. The number of aromatic nitrogens is 2. The Morgan fingerprint density at radius 3 is 2.79 bits per heavy atom. The molecule has 1 aromatic heterocycles. The molecule has 1 aromatic rings. The fraction of sp³-hybridized carbons (Fsp3) is 0.714. The minimum atomic E-state index is 0.728. The summed E-state index contributed by atoms with van der Waals surface area (Å²) >= 11 is 2.09. The summed E-state index contributed by atoms with van der Waals surface area (Å²) in [6, 6.07) is 0. The first kappa shape index (κ1) is 14.4. The third-order valence-electron chi connectivity index (χ3n) is 3.61. The minimum absolute atomic E-state index is 0.728. The lowest BCUT2D eigenvalue weighted by molar-refractivity contribution is 0.712. The Kier molecular flexibility index (Phi) is 4.91. The zero-order chi connectivity index (χ0) is 13.8. The molecule has 2 heterocycles. The maximum absolute atomic E-state index is 4.76. The van der Waals surface area contributed by atoms with Crippen LogP contribution in [0.2, 0.25) is 0 Å². The topological polar surface area (TPSA) is 41.1 Å². The Bertz CT molecular complexity index is 436. The molecule has 0 aliphatic carbocycles. The van der Waals surface area contributed by atoms with Gasteiger partial charge in [-0.2, -0.15) is 11.8 Å². The molecule has 1 N–H and O–H groups in total. The summed E-state index contributed by atoms with van der Waals surface area (Å²) in [4.78, 5) is 11.7. The molecule has 106 valence electrons.